The third-order valence-electron chi connectivity index (χ3n) is 5.00. The number of rotatable bonds is 5. The predicted octanol–water partition coefficient (Wildman–Crippen LogP) is 5.14. The van der Waals surface area contributed by atoms with Crippen molar-refractivity contribution in [2.45, 2.75) is 44.9 Å². The van der Waals surface area contributed by atoms with Crippen molar-refractivity contribution in [1.82, 2.24) is 9.47 Å². The zero-order chi connectivity index (χ0) is 20.3. The van der Waals surface area contributed by atoms with Crippen LogP contribution in [0.5, 0.6) is 0 Å². The molecule has 1 aromatic carbocycles. The zero-order valence-electron chi connectivity index (χ0n) is 15.6. The van der Waals surface area contributed by atoms with E-state index in [4.69, 9.17) is 11.6 Å². The van der Waals surface area contributed by atoms with Gasteiger partial charge in [0.1, 0.15) is 0 Å². The van der Waals surface area contributed by atoms with E-state index in [0.29, 0.717) is 0 Å². The lowest BCUT2D eigenvalue weighted by atomic mass is 10.1. The number of benzene rings is 1. The molecule has 0 spiro atoms. The highest BCUT2D eigenvalue weighted by molar-refractivity contribution is 6.32. The second-order valence-electron chi connectivity index (χ2n) is 6.95. The van der Waals surface area contributed by atoms with Crippen molar-refractivity contribution >= 4 is 17.3 Å². The zero-order valence-corrected chi connectivity index (χ0v) is 16.4. The number of hydrogen-bond acceptors (Lipinski definition) is 3. The van der Waals surface area contributed by atoms with Gasteiger partial charge in [-0.3, -0.25) is 14.3 Å². The predicted molar refractivity (Wildman–Crippen MR) is 105 cm³/mol. The highest BCUT2D eigenvalue weighted by Gasteiger charge is 2.31. The number of nitrogens with one attached hydrogen (secondary N) is 1. The van der Waals surface area contributed by atoms with Gasteiger partial charge >= 0.3 is 6.18 Å². The van der Waals surface area contributed by atoms with Crippen molar-refractivity contribution in [2.24, 2.45) is 0 Å². The van der Waals surface area contributed by atoms with Crippen LogP contribution in [0.4, 0.5) is 18.9 Å². The van der Waals surface area contributed by atoms with Crippen molar-refractivity contribution < 1.29 is 13.2 Å². The molecule has 1 atom stereocenters. The van der Waals surface area contributed by atoms with Gasteiger partial charge in [0, 0.05) is 31.0 Å². The molecule has 28 heavy (non-hydrogen) atoms. The molecule has 1 fully saturated rings. The molecular weight excluding hydrogens is 391 g/mol. The number of pyridine rings is 1. The largest absolute Gasteiger partial charge is 0.417 e. The van der Waals surface area contributed by atoms with E-state index < -0.39 is 17.3 Å². The molecule has 3 rings (SSSR count). The van der Waals surface area contributed by atoms with Gasteiger partial charge in [-0.25, -0.2) is 0 Å². The Kier molecular flexibility index (Phi) is 6.35. The van der Waals surface area contributed by atoms with E-state index in [1.807, 2.05) is 0 Å². The first-order valence-corrected chi connectivity index (χ1v) is 9.78. The second-order valence-corrected chi connectivity index (χ2v) is 7.36. The van der Waals surface area contributed by atoms with E-state index in [9.17, 15) is 18.0 Å². The Bertz CT molecular complexity index is 876. The van der Waals surface area contributed by atoms with Gasteiger partial charge in [0.25, 0.3) is 5.56 Å². The summed E-state index contributed by atoms with van der Waals surface area (Å²) in [5, 5.41) is 3.65. The summed E-state index contributed by atoms with van der Waals surface area (Å²) in [6.07, 6.45) is 0.919. The lowest BCUT2D eigenvalue weighted by molar-refractivity contribution is -0.138. The molecule has 1 aliphatic heterocycles. The monoisotopic (exact) mass is 413 g/mol. The van der Waals surface area contributed by atoms with Crippen molar-refractivity contribution in [1.29, 1.82) is 0 Å². The van der Waals surface area contributed by atoms with Gasteiger partial charge in [0.2, 0.25) is 0 Å². The minimum atomic E-state index is -4.54. The maximum absolute atomic E-state index is 13.0. The first-order chi connectivity index (χ1) is 13.3. The normalized spacial score (nSPS) is 16.8. The van der Waals surface area contributed by atoms with Gasteiger partial charge in [0.05, 0.1) is 22.4 Å². The van der Waals surface area contributed by atoms with Crippen LogP contribution in [0.15, 0.2) is 41.3 Å². The van der Waals surface area contributed by atoms with Crippen LogP contribution in [0.2, 0.25) is 5.02 Å². The lowest BCUT2D eigenvalue weighted by Gasteiger charge is -2.35. The van der Waals surface area contributed by atoms with Gasteiger partial charge < -0.3 is 5.32 Å². The fourth-order valence-corrected chi connectivity index (χ4v) is 3.78. The average Bonchev–Trinajstić information content (AvgIpc) is 2.67. The molecule has 1 aliphatic rings. The summed E-state index contributed by atoms with van der Waals surface area (Å²) >= 11 is 6.32. The molecule has 1 saturated heterocycles. The van der Waals surface area contributed by atoms with Crippen molar-refractivity contribution in [3.8, 4) is 5.69 Å². The SMILES string of the molecule is CCC(Nc1ccc(-n2cc(C(F)(F)F)ccc2=O)c(Cl)c1)N1CCCCC1. The van der Waals surface area contributed by atoms with Crippen LogP contribution < -0.4 is 10.9 Å². The molecule has 1 unspecified atom stereocenters. The fraction of sp³-hybridized carbons (Fsp3) is 0.450. The number of nitrogens with zero attached hydrogens (tertiary/aromatic N) is 2. The number of likely N-dealkylation sites (tertiary alicyclic amines) is 1. The van der Waals surface area contributed by atoms with E-state index in [1.54, 1.807) is 18.2 Å². The molecule has 152 valence electrons. The molecule has 0 bridgehead atoms. The van der Waals surface area contributed by atoms with E-state index in [2.05, 4.69) is 17.1 Å². The summed E-state index contributed by atoms with van der Waals surface area (Å²) in [6, 6.07) is 6.62. The Morgan fingerprint density at radius 1 is 1.14 bits per heavy atom. The minimum absolute atomic E-state index is 0.165. The first-order valence-electron chi connectivity index (χ1n) is 9.40. The molecule has 0 amide bonds. The second kappa shape index (κ2) is 8.57. The summed E-state index contributed by atoms with van der Waals surface area (Å²) in [4.78, 5) is 14.5. The standard InChI is InChI=1S/C20H23ClF3N3O/c1-2-18(26-10-4-3-5-11-26)25-15-7-8-17(16(21)12-15)27-13-14(20(22,23)24)6-9-19(27)28/h6-9,12-13,18,25H,2-5,10-11H2,1H3. The third-order valence-corrected chi connectivity index (χ3v) is 5.30. The number of piperidine rings is 1. The first kappa shape index (κ1) is 20.7. The summed E-state index contributed by atoms with van der Waals surface area (Å²) in [5.74, 6) is 0. The molecule has 8 heteroatoms. The van der Waals surface area contributed by atoms with Gasteiger partial charge in [0.15, 0.2) is 0 Å². The van der Waals surface area contributed by atoms with Crippen LogP contribution in [0.3, 0.4) is 0 Å². The molecule has 1 aromatic heterocycles. The lowest BCUT2D eigenvalue weighted by Crippen LogP contribution is -2.43. The minimum Gasteiger partial charge on any atom is -0.370 e. The van der Waals surface area contributed by atoms with Gasteiger partial charge in [-0.2, -0.15) is 13.2 Å². The molecule has 1 N–H and O–H groups in total. The topological polar surface area (TPSA) is 37.3 Å². The summed E-state index contributed by atoms with van der Waals surface area (Å²) < 4.78 is 39.9. The molecular formula is C20H23ClF3N3O. The van der Waals surface area contributed by atoms with Crippen molar-refractivity contribution in [2.75, 3.05) is 18.4 Å². The maximum atomic E-state index is 13.0. The van der Waals surface area contributed by atoms with E-state index in [-0.39, 0.29) is 16.9 Å². The highest BCUT2D eigenvalue weighted by atomic mass is 35.5. The third kappa shape index (κ3) is 4.70. The number of alkyl halides is 3. The molecule has 0 aliphatic carbocycles. The van der Waals surface area contributed by atoms with Gasteiger partial charge in [-0.15, -0.1) is 0 Å². The van der Waals surface area contributed by atoms with Gasteiger partial charge in [-0.05, 0) is 43.5 Å². The Labute approximate surface area is 166 Å². The summed E-state index contributed by atoms with van der Waals surface area (Å²) in [7, 11) is 0. The average molecular weight is 414 g/mol. The van der Waals surface area contributed by atoms with E-state index in [1.165, 1.54) is 19.3 Å². The Morgan fingerprint density at radius 2 is 1.86 bits per heavy atom. The Balaban J connectivity index is 1.85. The fourth-order valence-electron chi connectivity index (χ4n) is 3.51. The van der Waals surface area contributed by atoms with E-state index >= 15 is 0 Å². The molecule has 2 heterocycles. The Morgan fingerprint density at radius 3 is 2.46 bits per heavy atom. The number of halogens is 4. The van der Waals surface area contributed by atoms with Crippen LogP contribution in [0.25, 0.3) is 5.69 Å². The van der Waals surface area contributed by atoms with Crippen molar-refractivity contribution in [3.63, 3.8) is 0 Å². The molecule has 0 saturated carbocycles. The summed E-state index contributed by atoms with van der Waals surface area (Å²) in [5.41, 5.74) is -0.489. The summed E-state index contributed by atoms with van der Waals surface area (Å²) in [6.45, 7) is 4.18. The molecule has 2 aromatic rings. The van der Waals surface area contributed by atoms with Crippen LogP contribution >= 0.6 is 11.6 Å². The van der Waals surface area contributed by atoms with Gasteiger partial charge in [-0.1, -0.05) is 24.9 Å². The quantitative estimate of drug-likeness (QED) is 0.737. The van der Waals surface area contributed by atoms with Crippen LogP contribution in [-0.2, 0) is 6.18 Å². The van der Waals surface area contributed by atoms with Crippen LogP contribution in [-0.4, -0.2) is 28.7 Å². The van der Waals surface area contributed by atoms with E-state index in [0.717, 1.165) is 48.1 Å². The number of aromatic nitrogens is 1. The highest BCUT2D eigenvalue weighted by Crippen LogP contribution is 2.30. The number of anilines is 1. The van der Waals surface area contributed by atoms with Crippen molar-refractivity contribution in [3.05, 3.63) is 57.5 Å². The maximum Gasteiger partial charge on any atom is 0.417 e. The van der Waals surface area contributed by atoms with Crippen LogP contribution in [0.1, 0.15) is 38.2 Å². The molecule has 0 radical (unpaired) electrons. The number of hydrogen-bond donors (Lipinski definition) is 1. The van der Waals surface area contributed by atoms with Crippen LogP contribution in [0, 0.1) is 0 Å². The Hall–Kier alpha value is -1.99. The smallest absolute Gasteiger partial charge is 0.370 e. The molecule has 4 nitrogen and oxygen atoms in total.